The Labute approximate surface area is 102 Å². The standard InChI is InChI=1S/C11H10N4O3/c1-15-6-7(5-12-15)13-10(16)8-3-2-4-9(14-8)11(17)18/h2-6H,1H3,(H,13,16)(H,17,18). The molecule has 0 aromatic carbocycles. The third-order valence-corrected chi connectivity index (χ3v) is 2.16. The monoisotopic (exact) mass is 246 g/mol. The number of amides is 1. The molecule has 0 fully saturated rings. The van der Waals surface area contributed by atoms with E-state index >= 15 is 0 Å². The number of hydrogen-bond acceptors (Lipinski definition) is 4. The molecule has 0 spiro atoms. The lowest BCUT2D eigenvalue weighted by Gasteiger charge is -2.02. The molecule has 0 aliphatic heterocycles. The highest BCUT2D eigenvalue weighted by Crippen LogP contribution is 2.07. The summed E-state index contributed by atoms with van der Waals surface area (Å²) >= 11 is 0. The van der Waals surface area contributed by atoms with E-state index < -0.39 is 11.9 Å². The summed E-state index contributed by atoms with van der Waals surface area (Å²) in [6, 6.07) is 4.23. The number of hydrogen-bond donors (Lipinski definition) is 2. The highest BCUT2D eigenvalue weighted by molar-refractivity contribution is 6.03. The Morgan fingerprint density at radius 3 is 2.67 bits per heavy atom. The van der Waals surface area contributed by atoms with Gasteiger partial charge in [0, 0.05) is 13.2 Å². The van der Waals surface area contributed by atoms with Crippen molar-refractivity contribution in [1.29, 1.82) is 0 Å². The molecule has 0 unspecified atom stereocenters. The summed E-state index contributed by atoms with van der Waals surface area (Å²) < 4.78 is 1.54. The van der Waals surface area contributed by atoms with Crippen LogP contribution in [0.2, 0.25) is 0 Å². The Kier molecular flexibility index (Phi) is 3.05. The minimum absolute atomic E-state index is 0.0405. The number of rotatable bonds is 3. The second-order valence-electron chi connectivity index (χ2n) is 3.57. The number of nitrogens with one attached hydrogen (secondary N) is 1. The summed E-state index contributed by atoms with van der Waals surface area (Å²) in [5, 5.41) is 15.2. The first-order valence-electron chi connectivity index (χ1n) is 5.06. The minimum atomic E-state index is -1.17. The first kappa shape index (κ1) is 11.8. The zero-order valence-corrected chi connectivity index (χ0v) is 9.49. The van der Waals surface area contributed by atoms with Crippen molar-refractivity contribution in [1.82, 2.24) is 14.8 Å². The summed E-state index contributed by atoms with van der Waals surface area (Å²) in [6.45, 7) is 0. The molecular formula is C11H10N4O3. The quantitative estimate of drug-likeness (QED) is 0.833. The molecule has 1 amide bonds. The largest absolute Gasteiger partial charge is 0.477 e. The van der Waals surface area contributed by atoms with Gasteiger partial charge >= 0.3 is 5.97 Å². The molecule has 0 radical (unpaired) electrons. The van der Waals surface area contributed by atoms with Crippen LogP contribution in [0.15, 0.2) is 30.6 Å². The van der Waals surface area contributed by atoms with Crippen LogP contribution < -0.4 is 5.32 Å². The van der Waals surface area contributed by atoms with E-state index in [1.54, 1.807) is 13.2 Å². The van der Waals surface area contributed by atoms with E-state index in [0.29, 0.717) is 5.69 Å². The number of carboxylic acid groups (broad SMARTS) is 1. The molecule has 2 aromatic heterocycles. The maximum absolute atomic E-state index is 11.8. The Balaban J connectivity index is 2.18. The molecule has 2 aromatic rings. The molecule has 0 saturated carbocycles. The van der Waals surface area contributed by atoms with Gasteiger partial charge in [0.1, 0.15) is 11.4 Å². The van der Waals surface area contributed by atoms with Gasteiger partial charge in [0.15, 0.2) is 0 Å². The van der Waals surface area contributed by atoms with Crippen LogP contribution in [0.4, 0.5) is 5.69 Å². The number of aryl methyl sites for hydroxylation is 1. The normalized spacial score (nSPS) is 10.1. The Hall–Kier alpha value is -2.70. The zero-order chi connectivity index (χ0) is 13.1. The Morgan fingerprint density at radius 1 is 1.33 bits per heavy atom. The fourth-order valence-electron chi connectivity index (χ4n) is 1.36. The Morgan fingerprint density at radius 2 is 2.06 bits per heavy atom. The van der Waals surface area contributed by atoms with Crippen molar-refractivity contribution in [2.45, 2.75) is 0 Å². The number of aromatic nitrogens is 3. The summed E-state index contributed by atoms with van der Waals surface area (Å²) in [4.78, 5) is 26.3. The van der Waals surface area contributed by atoms with E-state index in [4.69, 9.17) is 5.11 Å². The van der Waals surface area contributed by atoms with Crippen LogP contribution >= 0.6 is 0 Å². The van der Waals surface area contributed by atoms with Gasteiger partial charge in [-0.1, -0.05) is 6.07 Å². The third kappa shape index (κ3) is 2.51. The average Bonchev–Trinajstić information content (AvgIpc) is 2.75. The van der Waals surface area contributed by atoms with Crippen molar-refractivity contribution in [3.8, 4) is 0 Å². The number of anilines is 1. The van der Waals surface area contributed by atoms with E-state index in [-0.39, 0.29) is 11.4 Å². The molecule has 2 N–H and O–H groups in total. The van der Waals surface area contributed by atoms with Crippen molar-refractivity contribution in [3.63, 3.8) is 0 Å². The van der Waals surface area contributed by atoms with E-state index in [9.17, 15) is 9.59 Å². The molecule has 0 aliphatic rings. The molecule has 7 nitrogen and oxygen atoms in total. The molecule has 2 heterocycles. The van der Waals surface area contributed by atoms with Gasteiger partial charge in [0.05, 0.1) is 11.9 Å². The second-order valence-corrected chi connectivity index (χ2v) is 3.57. The first-order valence-corrected chi connectivity index (χ1v) is 5.06. The van der Waals surface area contributed by atoms with Gasteiger partial charge < -0.3 is 10.4 Å². The number of pyridine rings is 1. The molecule has 92 valence electrons. The predicted molar refractivity (Wildman–Crippen MR) is 62.4 cm³/mol. The first-order chi connectivity index (χ1) is 8.56. The van der Waals surface area contributed by atoms with Crippen LogP contribution in [-0.2, 0) is 7.05 Å². The van der Waals surface area contributed by atoms with E-state index in [2.05, 4.69) is 15.4 Å². The lowest BCUT2D eigenvalue weighted by molar-refractivity contribution is 0.0690. The summed E-state index contributed by atoms with van der Waals surface area (Å²) in [5.74, 6) is -1.66. The number of carboxylic acids is 1. The van der Waals surface area contributed by atoms with Crippen LogP contribution in [0.1, 0.15) is 21.0 Å². The van der Waals surface area contributed by atoms with Crippen LogP contribution in [0.3, 0.4) is 0 Å². The Bertz CT molecular complexity index is 606. The maximum Gasteiger partial charge on any atom is 0.354 e. The summed E-state index contributed by atoms with van der Waals surface area (Å²) in [5.41, 5.74) is 0.387. The number of aromatic carboxylic acids is 1. The van der Waals surface area contributed by atoms with E-state index in [1.165, 1.54) is 29.1 Å². The zero-order valence-electron chi connectivity index (χ0n) is 9.49. The van der Waals surface area contributed by atoms with Crippen molar-refractivity contribution in [2.24, 2.45) is 7.05 Å². The molecular weight excluding hydrogens is 236 g/mol. The van der Waals surface area contributed by atoms with Crippen molar-refractivity contribution < 1.29 is 14.7 Å². The van der Waals surface area contributed by atoms with Gasteiger partial charge in [0.2, 0.25) is 0 Å². The minimum Gasteiger partial charge on any atom is -0.477 e. The maximum atomic E-state index is 11.8. The molecule has 2 rings (SSSR count). The molecule has 0 aliphatic carbocycles. The van der Waals surface area contributed by atoms with Gasteiger partial charge in [-0.2, -0.15) is 5.10 Å². The van der Waals surface area contributed by atoms with Gasteiger partial charge in [-0.05, 0) is 12.1 Å². The van der Waals surface area contributed by atoms with Crippen LogP contribution in [0, 0.1) is 0 Å². The molecule has 0 saturated heterocycles. The molecule has 7 heteroatoms. The van der Waals surface area contributed by atoms with Gasteiger partial charge in [-0.25, -0.2) is 9.78 Å². The SMILES string of the molecule is Cn1cc(NC(=O)c2cccc(C(=O)O)n2)cn1. The highest BCUT2D eigenvalue weighted by Gasteiger charge is 2.11. The van der Waals surface area contributed by atoms with Crippen molar-refractivity contribution in [3.05, 3.63) is 42.0 Å². The van der Waals surface area contributed by atoms with E-state index in [0.717, 1.165) is 0 Å². The van der Waals surface area contributed by atoms with Crippen LogP contribution in [-0.4, -0.2) is 31.7 Å². The van der Waals surface area contributed by atoms with E-state index in [1.807, 2.05) is 0 Å². The molecule has 0 bridgehead atoms. The van der Waals surface area contributed by atoms with Gasteiger partial charge in [-0.15, -0.1) is 0 Å². The smallest absolute Gasteiger partial charge is 0.354 e. The topological polar surface area (TPSA) is 97.1 Å². The second kappa shape index (κ2) is 4.66. The number of nitrogens with zero attached hydrogens (tertiary/aromatic N) is 3. The number of carbonyl (C=O) groups excluding carboxylic acids is 1. The predicted octanol–water partition coefficient (Wildman–Crippen LogP) is 0.766. The highest BCUT2D eigenvalue weighted by atomic mass is 16.4. The van der Waals surface area contributed by atoms with Crippen LogP contribution in [0.25, 0.3) is 0 Å². The van der Waals surface area contributed by atoms with Gasteiger partial charge in [0.25, 0.3) is 5.91 Å². The summed E-state index contributed by atoms with van der Waals surface area (Å²) in [7, 11) is 1.72. The fraction of sp³-hybridized carbons (Fsp3) is 0.0909. The number of carbonyl (C=O) groups is 2. The lowest BCUT2D eigenvalue weighted by Crippen LogP contribution is -2.15. The van der Waals surface area contributed by atoms with Crippen molar-refractivity contribution in [2.75, 3.05) is 5.32 Å². The van der Waals surface area contributed by atoms with Crippen LogP contribution in [0.5, 0.6) is 0 Å². The summed E-state index contributed by atoms with van der Waals surface area (Å²) in [6.07, 6.45) is 3.11. The lowest BCUT2D eigenvalue weighted by atomic mass is 10.3. The fourth-order valence-corrected chi connectivity index (χ4v) is 1.36. The average molecular weight is 246 g/mol. The third-order valence-electron chi connectivity index (χ3n) is 2.16. The molecule has 0 atom stereocenters. The van der Waals surface area contributed by atoms with Gasteiger partial charge in [-0.3, -0.25) is 9.48 Å². The van der Waals surface area contributed by atoms with Crippen molar-refractivity contribution >= 4 is 17.6 Å². The molecule has 18 heavy (non-hydrogen) atoms.